The summed E-state index contributed by atoms with van der Waals surface area (Å²) in [7, 11) is 0. The molecule has 1 N–H and O–H groups in total. The average molecular weight is 346 g/mol. The Hall–Kier alpha value is -2.38. The summed E-state index contributed by atoms with van der Waals surface area (Å²) in [5.74, 6) is 0.426. The Balaban J connectivity index is 1.89. The van der Waals surface area contributed by atoms with Crippen molar-refractivity contribution in [3.05, 3.63) is 46.3 Å². The van der Waals surface area contributed by atoms with E-state index in [0.717, 1.165) is 5.69 Å². The van der Waals surface area contributed by atoms with Crippen LogP contribution in [0.3, 0.4) is 0 Å². The third-order valence-electron chi connectivity index (χ3n) is 2.97. The van der Waals surface area contributed by atoms with Gasteiger partial charge in [0.2, 0.25) is 5.95 Å². The molecule has 3 rings (SSSR count). The molecule has 0 radical (unpaired) electrons. The molecule has 6 nitrogen and oxygen atoms in total. The van der Waals surface area contributed by atoms with Gasteiger partial charge >= 0.3 is 0 Å². The summed E-state index contributed by atoms with van der Waals surface area (Å²) in [4.78, 5) is 29.2. The molecule has 116 valence electrons. The van der Waals surface area contributed by atoms with Gasteiger partial charge in [0, 0.05) is 13.1 Å². The van der Waals surface area contributed by atoms with Crippen LogP contribution in [0.25, 0.3) is 10.7 Å². The number of aromatic nitrogens is 4. The summed E-state index contributed by atoms with van der Waals surface area (Å²) in [6.45, 7) is 3.35. The van der Waals surface area contributed by atoms with Crippen LogP contribution < -0.4 is 5.32 Å². The molecule has 0 aliphatic rings. The molecule has 3 aromatic heterocycles. The molecular formula is C15H12ClN5OS. The standard InChI is InChI=1S/C15H12ClN5OS/c1-8-13(9(2)22)23-14(19-8)11-5-6-17-15(21-11)20-10-3-4-12(16)18-7-10/h3-7H,1-2H3,(H,17,20,21). The first-order valence-corrected chi connectivity index (χ1v) is 7.93. The van der Waals surface area contributed by atoms with Gasteiger partial charge < -0.3 is 5.32 Å². The lowest BCUT2D eigenvalue weighted by Gasteiger charge is -2.04. The minimum atomic E-state index is 0.00546. The zero-order valence-electron chi connectivity index (χ0n) is 12.4. The zero-order valence-corrected chi connectivity index (χ0v) is 13.9. The molecule has 0 bridgehead atoms. The number of ketones is 1. The van der Waals surface area contributed by atoms with Crippen LogP contribution in [0, 0.1) is 6.92 Å². The van der Waals surface area contributed by atoms with Crippen LogP contribution in [0.1, 0.15) is 22.3 Å². The number of Topliss-reactive ketones (excluding diaryl/α,β-unsaturated/α-hetero) is 1. The maximum Gasteiger partial charge on any atom is 0.227 e. The maximum atomic E-state index is 11.6. The van der Waals surface area contributed by atoms with Gasteiger partial charge in [0.15, 0.2) is 5.78 Å². The van der Waals surface area contributed by atoms with Crippen LogP contribution in [0.15, 0.2) is 30.6 Å². The fraction of sp³-hybridized carbons (Fsp3) is 0.133. The summed E-state index contributed by atoms with van der Waals surface area (Å²) < 4.78 is 0. The van der Waals surface area contributed by atoms with Crippen LogP contribution in [0.4, 0.5) is 11.6 Å². The topological polar surface area (TPSA) is 80.7 Å². The van der Waals surface area contributed by atoms with Crippen molar-refractivity contribution in [2.75, 3.05) is 5.32 Å². The van der Waals surface area contributed by atoms with Gasteiger partial charge in [-0.05, 0) is 25.1 Å². The first-order valence-electron chi connectivity index (χ1n) is 6.73. The molecule has 0 saturated heterocycles. The monoisotopic (exact) mass is 345 g/mol. The van der Waals surface area contributed by atoms with Crippen LogP contribution in [-0.2, 0) is 0 Å². The van der Waals surface area contributed by atoms with Crippen LogP contribution in [0.2, 0.25) is 5.15 Å². The molecule has 0 aliphatic carbocycles. The van der Waals surface area contributed by atoms with Crippen molar-refractivity contribution >= 4 is 40.4 Å². The highest BCUT2D eigenvalue weighted by molar-refractivity contribution is 7.17. The van der Waals surface area contributed by atoms with Crippen LogP contribution in [0.5, 0.6) is 0 Å². The third-order valence-corrected chi connectivity index (χ3v) is 4.48. The van der Waals surface area contributed by atoms with Crippen LogP contribution in [-0.4, -0.2) is 25.7 Å². The van der Waals surface area contributed by atoms with Crippen molar-refractivity contribution in [1.82, 2.24) is 19.9 Å². The molecule has 3 aromatic rings. The number of nitrogens with zero attached hydrogens (tertiary/aromatic N) is 4. The Bertz CT molecular complexity index is 863. The molecule has 8 heteroatoms. The Morgan fingerprint density at radius 1 is 1.22 bits per heavy atom. The number of thiazole rings is 1. The van der Waals surface area contributed by atoms with Gasteiger partial charge in [-0.3, -0.25) is 4.79 Å². The molecule has 0 amide bonds. The van der Waals surface area contributed by atoms with E-state index in [2.05, 4.69) is 25.3 Å². The van der Waals surface area contributed by atoms with Gasteiger partial charge in [0.05, 0.1) is 22.5 Å². The van der Waals surface area contributed by atoms with Crippen LogP contribution >= 0.6 is 22.9 Å². The predicted molar refractivity (Wildman–Crippen MR) is 90.4 cm³/mol. The van der Waals surface area contributed by atoms with E-state index >= 15 is 0 Å². The molecule has 0 aliphatic heterocycles. The molecule has 23 heavy (non-hydrogen) atoms. The first-order chi connectivity index (χ1) is 11.0. The van der Waals surface area contributed by atoms with Crippen molar-refractivity contribution in [2.24, 2.45) is 0 Å². The summed E-state index contributed by atoms with van der Waals surface area (Å²) in [6.07, 6.45) is 3.23. The van der Waals surface area contributed by atoms with E-state index in [1.807, 2.05) is 6.92 Å². The van der Waals surface area contributed by atoms with E-state index in [9.17, 15) is 4.79 Å². The Morgan fingerprint density at radius 2 is 2.04 bits per heavy atom. The highest BCUT2D eigenvalue weighted by Crippen LogP contribution is 2.27. The second-order valence-corrected chi connectivity index (χ2v) is 6.14. The Labute approximate surface area is 141 Å². The molecule has 0 aromatic carbocycles. The lowest BCUT2D eigenvalue weighted by atomic mass is 10.3. The number of carbonyl (C=O) groups is 1. The second-order valence-electron chi connectivity index (χ2n) is 4.75. The van der Waals surface area contributed by atoms with Crippen molar-refractivity contribution in [2.45, 2.75) is 13.8 Å². The fourth-order valence-electron chi connectivity index (χ4n) is 1.95. The van der Waals surface area contributed by atoms with Crippen molar-refractivity contribution in [3.8, 4) is 10.7 Å². The Morgan fingerprint density at radius 3 is 2.70 bits per heavy atom. The SMILES string of the molecule is CC(=O)c1sc(-c2ccnc(Nc3ccc(Cl)nc3)n2)nc1C. The average Bonchev–Trinajstić information content (AvgIpc) is 2.92. The van der Waals surface area contributed by atoms with Gasteiger partial charge in [-0.15, -0.1) is 11.3 Å². The zero-order chi connectivity index (χ0) is 16.4. The molecule has 0 unspecified atom stereocenters. The predicted octanol–water partition coefficient (Wildman–Crippen LogP) is 3.90. The van der Waals surface area contributed by atoms with Crippen molar-refractivity contribution < 1.29 is 4.79 Å². The number of aryl methyl sites for hydroxylation is 1. The lowest BCUT2D eigenvalue weighted by Crippen LogP contribution is -1.98. The van der Waals surface area contributed by atoms with Gasteiger partial charge in [0.25, 0.3) is 0 Å². The number of carbonyl (C=O) groups excluding carboxylic acids is 1. The summed E-state index contributed by atoms with van der Waals surface area (Å²) in [6, 6.07) is 5.22. The largest absolute Gasteiger partial charge is 0.323 e. The van der Waals surface area contributed by atoms with Crippen molar-refractivity contribution in [1.29, 1.82) is 0 Å². The molecule has 0 spiro atoms. The number of hydrogen-bond acceptors (Lipinski definition) is 7. The first kappa shape index (κ1) is 15.5. The number of pyridine rings is 1. The minimum absolute atomic E-state index is 0.00546. The summed E-state index contributed by atoms with van der Waals surface area (Å²) in [5, 5.41) is 4.16. The number of anilines is 2. The van der Waals surface area contributed by atoms with E-state index in [0.29, 0.717) is 32.4 Å². The fourth-order valence-corrected chi connectivity index (χ4v) is 2.99. The van der Waals surface area contributed by atoms with E-state index in [1.165, 1.54) is 18.3 Å². The molecule has 0 fully saturated rings. The summed E-state index contributed by atoms with van der Waals surface area (Å²) in [5.41, 5.74) is 2.10. The number of halogens is 1. The quantitative estimate of drug-likeness (QED) is 0.570. The molecule has 0 atom stereocenters. The molecular weight excluding hydrogens is 334 g/mol. The molecule has 3 heterocycles. The minimum Gasteiger partial charge on any atom is -0.323 e. The smallest absolute Gasteiger partial charge is 0.227 e. The second kappa shape index (κ2) is 6.39. The highest BCUT2D eigenvalue weighted by atomic mass is 35.5. The van der Waals surface area contributed by atoms with E-state index in [4.69, 9.17) is 11.6 Å². The lowest BCUT2D eigenvalue weighted by molar-refractivity contribution is 0.102. The van der Waals surface area contributed by atoms with Gasteiger partial charge in [-0.2, -0.15) is 0 Å². The van der Waals surface area contributed by atoms with Gasteiger partial charge in [-0.25, -0.2) is 19.9 Å². The van der Waals surface area contributed by atoms with E-state index in [-0.39, 0.29) is 5.78 Å². The van der Waals surface area contributed by atoms with Crippen molar-refractivity contribution in [3.63, 3.8) is 0 Å². The number of nitrogens with one attached hydrogen (secondary N) is 1. The number of rotatable bonds is 4. The normalized spacial score (nSPS) is 10.6. The maximum absolute atomic E-state index is 11.6. The molecule has 0 saturated carbocycles. The van der Waals surface area contributed by atoms with Gasteiger partial charge in [-0.1, -0.05) is 11.6 Å². The number of hydrogen-bond donors (Lipinski definition) is 1. The third kappa shape index (κ3) is 3.52. The van der Waals surface area contributed by atoms with E-state index < -0.39 is 0 Å². The van der Waals surface area contributed by atoms with Gasteiger partial charge in [0.1, 0.15) is 15.9 Å². The Kier molecular flexibility index (Phi) is 4.31. The van der Waals surface area contributed by atoms with E-state index in [1.54, 1.807) is 30.6 Å². The summed E-state index contributed by atoms with van der Waals surface area (Å²) >= 11 is 7.09. The highest BCUT2D eigenvalue weighted by Gasteiger charge is 2.14.